The van der Waals surface area contributed by atoms with Crippen molar-refractivity contribution in [2.24, 2.45) is 11.8 Å². The molecule has 316 valence electrons. The smallest absolute Gasteiger partial charge is 0.548 e. The number of rotatable bonds is 10. The van der Waals surface area contributed by atoms with Gasteiger partial charge >= 0.3 is 48.9 Å². The topological polar surface area (TPSA) is 168 Å². The summed E-state index contributed by atoms with van der Waals surface area (Å²) >= 11 is 0. The van der Waals surface area contributed by atoms with Crippen LogP contribution in [0.2, 0.25) is 0 Å². The van der Waals surface area contributed by atoms with Crippen molar-refractivity contribution in [3.8, 4) is 23.7 Å². The molecule has 0 aliphatic carbocycles. The first-order valence-corrected chi connectivity index (χ1v) is 18.8. The summed E-state index contributed by atoms with van der Waals surface area (Å²) < 4.78 is 30.5. The van der Waals surface area contributed by atoms with Crippen LogP contribution < -0.4 is 10.2 Å². The molecule has 0 aromatic carbocycles. The zero-order chi connectivity index (χ0) is 43.7. The summed E-state index contributed by atoms with van der Waals surface area (Å²) in [6.07, 6.45) is -0.784. The van der Waals surface area contributed by atoms with Crippen LogP contribution in [-0.2, 0) is 28.8 Å². The summed E-state index contributed by atoms with van der Waals surface area (Å²) in [5.41, 5.74) is -5.37. The van der Waals surface area contributed by atoms with Gasteiger partial charge in [-0.25, -0.2) is 8.78 Å². The molecule has 0 aromatic rings. The van der Waals surface area contributed by atoms with Gasteiger partial charge in [0.1, 0.15) is 0 Å². The minimum Gasteiger partial charge on any atom is -0.548 e. The van der Waals surface area contributed by atoms with Gasteiger partial charge < -0.3 is 39.4 Å². The summed E-state index contributed by atoms with van der Waals surface area (Å²) in [4.78, 5) is 80.9. The van der Waals surface area contributed by atoms with Crippen LogP contribution in [0.25, 0.3) is 0 Å². The molecule has 0 spiro atoms. The molecule has 0 unspecified atom stereocenters. The van der Waals surface area contributed by atoms with E-state index in [-0.39, 0.29) is 101 Å². The normalized spacial score (nSPS) is 17.4. The number of nitrogens with zero attached hydrogens (tertiary/aromatic N) is 6. The van der Waals surface area contributed by atoms with Gasteiger partial charge in [-0.05, 0) is 79.6 Å². The van der Waals surface area contributed by atoms with E-state index in [1.54, 1.807) is 27.7 Å². The minimum atomic E-state index is -2.20. The van der Waals surface area contributed by atoms with Crippen LogP contribution in [0, 0.1) is 35.5 Å². The Morgan fingerprint density at radius 2 is 0.825 bits per heavy atom. The van der Waals surface area contributed by atoms with E-state index >= 15 is 8.78 Å². The van der Waals surface area contributed by atoms with Crippen LogP contribution in [-0.4, -0.2) is 217 Å². The minimum absolute atomic E-state index is 0. The number of carbonyl (C=O) groups excluding carboxylic acids is 6. The van der Waals surface area contributed by atoms with Crippen molar-refractivity contribution in [2.45, 2.75) is 116 Å². The standard InChI is InChI=1S/2C20H32FN3O4.Ba/c2*1-14(2)16(17(26)27)23(7)18(28)20(21)10-12-24(13-11-20)15(25)8-9-19(3,4)22(5)6;/h2*14,16H,10-13H2,1-7H3,(H,26,27);/q;;+2/p-2/t2*16-;/m00./s1. The quantitative estimate of drug-likeness (QED) is 0.204. The van der Waals surface area contributed by atoms with Crippen LogP contribution in [0.15, 0.2) is 0 Å². The van der Waals surface area contributed by atoms with Crippen LogP contribution in [0.3, 0.4) is 0 Å². The zero-order valence-electron chi connectivity index (χ0n) is 36.4. The molecular weight excluding hydrogens is 868 g/mol. The molecule has 2 heterocycles. The number of likely N-dealkylation sites (tertiary alicyclic amines) is 2. The zero-order valence-corrected chi connectivity index (χ0v) is 40.8. The number of carboxylic acids is 2. The predicted octanol–water partition coefficient (Wildman–Crippen LogP) is -0.594. The van der Waals surface area contributed by atoms with Crippen molar-refractivity contribution < 1.29 is 47.8 Å². The van der Waals surface area contributed by atoms with Gasteiger partial charge in [-0.3, -0.25) is 29.0 Å². The van der Waals surface area contributed by atoms with E-state index in [0.717, 1.165) is 9.80 Å². The largest absolute Gasteiger partial charge is 2.00 e. The molecule has 0 radical (unpaired) electrons. The van der Waals surface area contributed by atoms with E-state index in [4.69, 9.17) is 0 Å². The van der Waals surface area contributed by atoms with E-state index in [2.05, 4.69) is 23.7 Å². The first kappa shape index (κ1) is 54.3. The molecule has 2 fully saturated rings. The third-order valence-corrected chi connectivity index (χ3v) is 10.9. The van der Waals surface area contributed by atoms with E-state index in [0.29, 0.717) is 0 Å². The van der Waals surface area contributed by atoms with Crippen molar-refractivity contribution in [3.63, 3.8) is 0 Å². The SMILES string of the molecule is CC(C)[C@@H](C(=O)[O-])N(C)C(=O)C1(F)CCN(C(=O)C#CC(C)(C)N(C)C)CC1.CC(C)[C@@H](C(=O)[O-])N(C)C(=O)C1(F)CCN(C(=O)C#CC(C)(C)N(C)C)CC1.[Ba+2]. The molecule has 57 heavy (non-hydrogen) atoms. The molecule has 0 saturated carbocycles. The molecule has 2 atom stereocenters. The number of alkyl halides is 2. The number of halogens is 2. The van der Waals surface area contributed by atoms with Crippen molar-refractivity contribution >= 4 is 84.4 Å². The summed E-state index contributed by atoms with van der Waals surface area (Å²) in [6.45, 7) is 14.2. The average Bonchev–Trinajstić information content (AvgIpc) is 3.09. The Kier molecular flexibility index (Phi) is 21.0. The Balaban J connectivity index is 0.00000108. The van der Waals surface area contributed by atoms with Crippen LogP contribution >= 0.6 is 0 Å². The molecule has 2 saturated heterocycles. The van der Waals surface area contributed by atoms with E-state index in [9.17, 15) is 39.0 Å². The van der Waals surface area contributed by atoms with E-state index in [1.165, 1.54) is 23.9 Å². The molecule has 0 aromatic heterocycles. The van der Waals surface area contributed by atoms with Crippen molar-refractivity contribution in [1.29, 1.82) is 0 Å². The summed E-state index contributed by atoms with van der Waals surface area (Å²) in [5, 5.41) is 22.6. The molecular formula is C40H62BaF2N6O8. The number of likely N-dealkylation sites (N-methyl/N-ethyl adjacent to an activating group) is 2. The second-order valence-corrected chi connectivity index (χ2v) is 16.8. The monoisotopic (exact) mass is 930 g/mol. The molecule has 2 rings (SSSR count). The average molecular weight is 930 g/mol. The Labute approximate surface area is 378 Å². The van der Waals surface area contributed by atoms with Gasteiger partial charge in [0, 0.05) is 66.0 Å². The molecule has 4 amide bonds. The van der Waals surface area contributed by atoms with Crippen LogP contribution in [0.5, 0.6) is 0 Å². The van der Waals surface area contributed by atoms with Gasteiger partial charge in [-0.15, -0.1) is 0 Å². The number of carboxylic acid groups (broad SMARTS) is 2. The second-order valence-electron chi connectivity index (χ2n) is 16.8. The maximum atomic E-state index is 15.2. The Morgan fingerprint density at radius 1 is 0.579 bits per heavy atom. The Bertz CT molecular complexity index is 1460. The van der Waals surface area contributed by atoms with Gasteiger partial charge in [0.05, 0.1) is 35.1 Å². The first-order chi connectivity index (χ1) is 25.5. The fourth-order valence-electron chi connectivity index (χ4n) is 5.99. The third-order valence-electron chi connectivity index (χ3n) is 10.9. The molecule has 2 aliphatic heterocycles. The Morgan fingerprint density at radius 3 is 1.02 bits per heavy atom. The van der Waals surface area contributed by atoms with E-state index < -0.39 is 81.9 Å². The van der Waals surface area contributed by atoms with Gasteiger partial charge in [0.2, 0.25) is 0 Å². The van der Waals surface area contributed by atoms with Gasteiger partial charge in [-0.2, -0.15) is 0 Å². The number of amides is 4. The third kappa shape index (κ3) is 14.8. The molecule has 14 nitrogen and oxygen atoms in total. The number of carbonyl (C=O) groups is 6. The molecule has 0 bridgehead atoms. The van der Waals surface area contributed by atoms with Crippen LogP contribution in [0.4, 0.5) is 8.78 Å². The van der Waals surface area contributed by atoms with E-state index in [1.807, 2.05) is 65.7 Å². The fourth-order valence-corrected chi connectivity index (χ4v) is 5.99. The first-order valence-electron chi connectivity index (χ1n) is 18.8. The number of hydrogen-bond acceptors (Lipinski definition) is 10. The van der Waals surface area contributed by atoms with Gasteiger partial charge in [0.25, 0.3) is 23.6 Å². The maximum absolute atomic E-state index is 15.2. The fraction of sp³-hybridized carbons (Fsp3) is 0.750. The maximum Gasteiger partial charge on any atom is 2.00 e. The molecule has 2 aliphatic rings. The number of aliphatic carboxylic acids is 2. The summed E-state index contributed by atoms with van der Waals surface area (Å²) in [5.74, 6) is 4.73. The summed E-state index contributed by atoms with van der Waals surface area (Å²) in [6, 6.07) is -2.42. The predicted molar refractivity (Wildman–Crippen MR) is 209 cm³/mol. The molecule has 0 N–H and O–H groups in total. The number of hydrogen-bond donors (Lipinski definition) is 0. The Hall–Kier alpha value is -2.71. The van der Waals surface area contributed by atoms with Crippen molar-refractivity contribution in [3.05, 3.63) is 0 Å². The van der Waals surface area contributed by atoms with Gasteiger partial charge in [0.15, 0.2) is 11.3 Å². The number of piperidine rings is 2. The van der Waals surface area contributed by atoms with Crippen molar-refractivity contribution in [2.75, 3.05) is 68.5 Å². The van der Waals surface area contributed by atoms with Gasteiger partial charge in [-0.1, -0.05) is 39.5 Å². The second kappa shape index (κ2) is 22.1. The summed E-state index contributed by atoms with van der Waals surface area (Å²) in [7, 11) is 9.98. The van der Waals surface area contributed by atoms with Crippen molar-refractivity contribution in [1.82, 2.24) is 29.4 Å². The van der Waals surface area contributed by atoms with Crippen LogP contribution in [0.1, 0.15) is 81.1 Å². The molecule has 17 heteroatoms.